The van der Waals surface area contributed by atoms with Gasteiger partial charge in [0.2, 0.25) is 0 Å². The second kappa shape index (κ2) is 12.4. The number of hydrogen-bond donors (Lipinski definition) is 4. The van der Waals surface area contributed by atoms with E-state index in [1.807, 2.05) is 0 Å². The van der Waals surface area contributed by atoms with Crippen LogP contribution in [0, 0.1) is 0 Å². The highest BCUT2D eigenvalue weighted by molar-refractivity contribution is 8.26. The third kappa shape index (κ3) is 14.3. The number of hydrogen-bond acceptors (Lipinski definition) is 9. The van der Waals surface area contributed by atoms with Crippen LogP contribution in [0.2, 0.25) is 0 Å². The molecule has 8 N–H and O–H groups in total. The Bertz CT molecular complexity index is 370. The van der Waals surface area contributed by atoms with E-state index in [1.165, 1.54) is 47.0 Å². The van der Waals surface area contributed by atoms with E-state index in [9.17, 15) is 0 Å². The van der Waals surface area contributed by atoms with Crippen molar-refractivity contribution in [2.75, 3.05) is 11.5 Å². The molecule has 0 saturated heterocycles. The largest absolute Gasteiger partial charge is 0.385 e. The van der Waals surface area contributed by atoms with Crippen molar-refractivity contribution < 1.29 is 4.74 Å². The van der Waals surface area contributed by atoms with E-state index < -0.39 is 0 Å². The summed E-state index contributed by atoms with van der Waals surface area (Å²) in [6, 6.07) is 0. The standard InChI is InChI=1S/C8H14N4OS8/c9-5(14)18-1-3(20-7(11)16)13-4(21-8(12)17)2-19-6(10)15/h3-4H,1-2H2,(H2,9,14)(H2,10,15)(H2,11,16)(H2,12,17). The molecule has 120 valence electrons. The van der Waals surface area contributed by atoms with Crippen LogP contribution in [-0.4, -0.2) is 39.7 Å². The molecule has 0 radical (unpaired) electrons. The molecule has 0 aliphatic heterocycles. The molecular weight excluding hydrogens is 425 g/mol. The third-order valence-electron chi connectivity index (χ3n) is 1.52. The Kier molecular flexibility index (Phi) is 12.9. The highest BCUT2D eigenvalue weighted by Crippen LogP contribution is 2.26. The molecule has 0 rings (SSSR count). The molecule has 0 aliphatic carbocycles. The lowest BCUT2D eigenvalue weighted by atomic mass is 10.8. The van der Waals surface area contributed by atoms with Crippen molar-refractivity contribution in [1.82, 2.24) is 0 Å². The van der Waals surface area contributed by atoms with Crippen molar-refractivity contribution in [2.24, 2.45) is 22.9 Å². The summed E-state index contributed by atoms with van der Waals surface area (Å²) >= 11 is 24.4. The summed E-state index contributed by atoms with van der Waals surface area (Å²) in [5.74, 6) is 1.01. The van der Waals surface area contributed by atoms with Gasteiger partial charge in [0.05, 0.1) is 0 Å². The fourth-order valence-electron chi connectivity index (χ4n) is 0.931. The second-order valence-electron chi connectivity index (χ2n) is 3.13. The Balaban J connectivity index is 4.65. The average molecular weight is 439 g/mol. The minimum Gasteiger partial charge on any atom is -0.385 e. The molecule has 13 heteroatoms. The van der Waals surface area contributed by atoms with Gasteiger partial charge in [-0.1, -0.05) is 95.9 Å². The molecule has 0 fully saturated rings. The summed E-state index contributed by atoms with van der Waals surface area (Å²) in [6.07, 6.45) is 0. The zero-order valence-electron chi connectivity index (χ0n) is 10.6. The number of rotatable bonds is 8. The fraction of sp³-hybridized carbons (Fsp3) is 0.500. The van der Waals surface area contributed by atoms with Crippen molar-refractivity contribution in [2.45, 2.75) is 10.9 Å². The normalized spacial score (nSPS) is 13.3. The number of nitrogens with two attached hydrogens (primary N) is 4. The van der Waals surface area contributed by atoms with Gasteiger partial charge in [-0.3, -0.25) is 0 Å². The van der Waals surface area contributed by atoms with Gasteiger partial charge in [-0.05, 0) is 0 Å². The highest BCUT2D eigenvalue weighted by Gasteiger charge is 2.21. The summed E-state index contributed by atoms with van der Waals surface area (Å²) in [7, 11) is 0. The predicted octanol–water partition coefficient (Wildman–Crippen LogP) is 1.56. The molecule has 0 bridgehead atoms. The first-order valence-electron chi connectivity index (χ1n) is 5.12. The summed E-state index contributed by atoms with van der Waals surface area (Å²) < 4.78 is 7.07. The van der Waals surface area contributed by atoms with Gasteiger partial charge in [-0.2, -0.15) is 0 Å². The lowest BCUT2D eigenvalue weighted by Gasteiger charge is -2.22. The van der Waals surface area contributed by atoms with Gasteiger partial charge in [0.1, 0.15) is 28.2 Å². The van der Waals surface area contributed by atoms with E-state index in [4.69, 9.17) is 76.5 Å². The highest BCUT2D eigenvalue weighted by atomic mass is 32.2. The van der Waals surface area contributed by atoms with E-state index in [0.717, 1.165) is 0 Å². The molecule has 0 aromatic carbocycles. The maximum atomic E-state index is 5.89. The molecule has 2 unspecified atom stereocenters. The van der Waals surface area contributed by atoms with Crippen molar-refractivity contribution in [1.29, 1.82) is 0 Å². The molecular formula is C8H14N4OS8. The van der Waals surface area contributed by atoms with Gasteiger partial charge in [-0.15, -0.1) is 0 Å². The zero-order valence-corrected chi connectivity index (χ0v) is 17.1. The zero-order chi connectivity index (χ0) is 16.4. The van der Waals surface area contributed by atoms with Crippen LogP contribution >= 0.6 is 95.9 Å². The summed E-state index contributed by atoms with van der Waals surface area (Å²) in [6.45, 7) is 0. The van der Waals surface area contributed by atoms with E-state index in [2.05, 4.69) is 0 Å². The topological polar surface area (TPSA) is 113 Å². The number of thiocarbonyl (C=S) groups is 4. The molecule has 5 nitrogen and oxygen atoms in total. The van der Waals surface area contributed by atoms with Gasteiger partial charge in [0, 0.05) is 11.5 Å². The molecule has 0 heterocycles. The Labute approximate surface area is 162 Å². The minimum atomic E-state index is -0.326. The summed E-state index contributed by atoms with van der Waals surface area (Å²) in [5, 5.41) is 0. The van der Waals surface area contributed by atoms with Crippen LogP contribution in [0.5, 0.6) is 0 Å². The van der Waals surface area contributed by atoms with Crippen molar-refractivity contribution in [3.8, 4) is 0 Å². The van der Waals surface area contributed by atoms with E-state index in [-0.39, 0.29) is 19.5 Å². The van der Waals surface area contributed by atoms with Crippen LogP contribution in [-0.2, 0) is 4.74 Å². The predicted molar refractivity (Wildman–Crippen MR) is 116 cm³/mol. The molecule has 0 aromatic rings. The molecule has 2 atom stereocenters. The first-order valence-corrected chi connectivity index (χ1v) is 10.5. The first-order chi connectivity index (χ1) is 9.70. The van der Waals surface area contributed by atoms with Crippen molar-refractivity contribution >= 4 is 113 Å². The number of thioether (sulfide) groups is 4. The summed E-state index contributed by atoms with van der Waals surface area (Å²) in [5.41, 5.74) is 21.3. The van der Waals surface area contributed by atoms with E-state index in [1.54, 1.807) is 0 Å². The van der Waals surface area contributed by atoms with Crippen molar-refractivity contribution in [3.05, 3.63) is 0 Å². The Morgan fingerprint density at radius 3 is 1.29 bits per heavy atom. The summed E-state index contributed by atoms with van der Waals surface area (Å²) in [4.78, 5) is 0. The van der Waals surface area contributed by atoms with Crippen LogP contribution < -0.4 is 22.9 Å². The van der Waals surface area contributed by atoms with E-state index >= 15 is 0 Å². The van der Waals surface area contributed by atoms with Gasteiger partial charge < -0.3 is 27.7 Å². The molecule has 0 spiro atoms. The smallest absolute Gasteiger partial charge is 0.133 e. The lowest BCUT2D eigenvalue weighted by molar-refractivity contribution is 0.121. The monoisotopic (exact) mass is 438 g/mol. The Morgan fingerprint density at radius 2 is 1.05 bits per heavy atom. The Hall–Kier alpha value is 0.920. The molecule has 21 heavy (non-hydrogen) atoms. The molecule has 0 aliphatic rings. The van der Waals surface area contributed by atoms with Crippen LogP contribution in [0.1, 0.15) is 0 Å². The Morgan fingerprint density at radius 1 is 0.714 bits per heavy atom. The third-order valence-corrected chi connectivity index (χ3v) is 6.28. The minimum absolute atomic E-state index is 0.268. The van der Waals surface area contributed by atoms with E-state index in [0.29, 0.717) is 20.1 Å². The average Bonchev–Trinajstić information content (AvgIpc) is 2.31. The van der Waals surface area contributed by atoms with Gasteiger partial charge in [0.15, 0.2) is 0 Å². The number of ether oxygens (including phenoxy) is 1. The lowest BCUT2D eigenvalue weighted by Crippen LogP contribution is -2.27. The van der Waals surface area contributed by atoms with Gasteiger partial charge in [-0.25, -0.2) is 0 Å². The quantitative estimate of drug-likeness (QED) is 0.325. The van der Waals surface area contributed by atoms with Crippen LogP contribution in [0.3, 0.4) is 0 Å². The first kappa shape index (κ1) is 21.9. The molecule has 0 amide bonds. The maximum absolute atomic E-state index is 5.89. The maximum Gasteiger partial charge on any atom is 0.133 e. The van der Waals surface area contributed by atoms with Crippen LogP contribution in [0.15, 0.2) is 0 Å². The fourth-order valence-corrected chi connectivity index (χ4v) is 4.66. The second-order valence-corrected chi connectivity index (χ2v) is 10.4. The molecule has 0 aromatic heterocycles. The van der Waals surface area contributed by atoms with Crippen LogP contribution in [0.25, 0.3) is 0 Å². The van der Waals surface area contributed by atoms with Gasteiger partial charge >= 0.3 is 0 Å². The molecule has 0 saturated carbocycles. The van der Waals surface area contributed by atoms with Gasteiger partial charge in [0.25, 0.3) is 0 Å². The van der Waals surface area contributed by atoms with Crippen LogP contribution in [0.4, 0.5) is 0 Å². The van der Waals surface area contributed by atoms with Crippen molar-refractivity contribution in [3.63, 3.8) is 0 Å². The SMILES string of the molecule is NC(=S)SCC(OC(CSC(N)=S)SC(N)=S)SC(N)=S.